The van der Waals surface area contributed by atoms with Crippen LogP contribution >= 0.6 is 0 Å². The van der Waals surface area contributed by atoms with Crippen LogP contribution in [-0.4, -0.2) is 17.6 Å². The fourth-order valence-electron chi connectivity index (χ4n) is 1.93. The summed E-state index contributed by atoms with van der Waals surface area (Å²) in [6.07, 6.45) is 2.66. The van der Waals surface area contributed by atoms with E-state index in [2.05, 4.69) is 35.5 Å². The molecule has 1 aliphatic rings. The molecular formula is C13H21N3. The second-order valence-corrected chi connectivity index (χ2v) is 4.59. The summed E-state index contributed by atoms with van der Waals surface area (Å²) in [7, 11) is 0. The molecular weight excluding hydrogens is 198 g/mol. The second-order valence-electron chi connectivity index (χ2n) is 4.59. The van der Waals surface area contributed by atoms with Gasteiger partial charge in [-0.3, -0.25) is 0 Å². The topological polar surface area (TPSA) is 37.0 Å². The van der Waals surface area contributed by atoms with Gasteiger partial charge in [0.2, 0.25) is 0 Å². The Morgan fingerprint density at radius 3 is 2.75 bits per heavy atom. The van der Waals surface area contributed by atoms with Crippen molar-refractivity contribution in [1.82, 2.24) is 10.3 Å². The Kier molecular flexibility index (Phi) is 3.44. The van der Waals surface area contributed by atoms with E-state index in [1.54, 1.807) is 0 Å². The minimum absolute atomic E-state index is 0.746. The smallest absolute Gasteiger partial charge is 0.131 e. The fourth-order valence-corrected chi connectivity index (χ4v) is 1.93. The summed E-state index contributed by atoms with van der Waals surface area (Å²) in [5.74, 6) is 1.05. The lowest BCUT2D eigenvalue weighted by Crippen LogP contribution is -2.18. The number of aromatic nitrogens is 1. The standard InChI is InChI=1S/C13H21N3/c1-4-14-13-12(8-15-11-5-6-11)9(2)7-10(3)16-13/h7,11,15H,4-6,8H2,1-3H3,(H,14,16). The minimum atomic E-state index is 0.746. The van der Waals surface area contributed by atoms with E-state index < -0.39 is 0 Å². The maximum absolute atomic E-state index is 4.57. The van der Waals surface area contributed by atoms with Gasteiger partial charge in [0, 0.05) is 30.4 Å². The number of pyridine rings is 1. The van der Waals surface area contributed by atoms with E-state index in [0.29, 0.717) is 0 Å². The Labute approximate surface area is 97.7 Å². The first-order valence-corrected chi connectivity index (χ1v) is 6.15. The molecule has 16 heavy (non-hydrogen) atoms. The van der Waals surface area contributed by atoms with Crippen LogP contribution < -0.4 is 10.6 Å². The highest BCUT2D eigenvalue weighted by Gasteiger charge is 2.21. The molecule has 1 aliphatic carbocycles. The molecule has 3 heteroatoms. The van der Waals surface area contributed by atoms with E-state index >= 15 is 0 Å². The lowest BCUT2D eigenvalue weighted by atomic mass is 10.1. The molecule has 0 aromatic carbocycles. The van der Waals surface area contributed by atoms with Gasteiger partial charge >= 0.3 is 0 Å². The van der Waals surface area contributed by atoms with Gasteiger partial charge in [-0.1, -0.05) is 0 Å². The SMILES string of the molecule is CCNc1nc(C)cc(C)c1CNC1CC1. The highest BCUT2D eigenvalue weighted by atomic mass is 15.0. The van der Waals surface area contributed by atoms with Gasteiger partial charge in [-0.2, -0.15) is 0 Å². The van der Waals surface area contributed by atoms with Gasteiger partial charge in [-0.05, 0) is 45.2 Å². The zero-order valence-electron chi connectivity index (χ0n) is 10.4. The number of hydrogen-bond acceptors (Lipinski definition) is 3. The summed E-state index contributed by atoms with van der Waals surface area (Å²) < 4.78 is 0. The third kappa shape index (κ3) is 2.73. The summed E-state index contributed by atoms with van der Waals surface area (Å²) in [6.45, 7) is 8.18. The van der Waals surface area contributed by atoms with Crippen LogP contribution in [0.4, 0.5) is 5.82 Å². The number of nitrogens with one attached hydrogen (secondary N) is 2. The van der Waals surface area contributed by atoms with E-state index in [0.717, 1.165) is 30.6 Å². The summed E-state index contributed by atoms with van der Waals surface area (Å²) in [5, 5.41) is 6.90. The number of anilines is 1. The summed E-state index contributed by atoms with van der Waals surface area (Å²) >= 11 is 0. The molecule has 0 bridgehead atoms. The van der Waals surface area contributed by atoms with Crippen molar-refractivity contribution in [3.63, 3.8) is 0 Å². The second kappa shape index (κ2) is 4.83. The van der Waals surface area contributed by atoms with Crippen molar-refractivity contribution in [1.29, 1.82) is 0 Å². The van der Waals surface area contributed by atoms with Crippen LogP contribution in [0.2, 0.25) is 0 Å². The van der Waals surface area contributed by atoms with Gasteiger partial charge in [0.25, 0.3) is 0 Å². The van der Waals surface area contributed by atoms with Crippen molar-refractivity contribution in [2.45, 2.75) is 46.2 Å². The van der Waals surface area contributed by atoms with Gasteiger partial charge in [0.05, 0.1) is 0 Å². The Balaban J connectivity index is 2.16. The van der Waals surface area contributed by atoms with E-state index in [4.69, 9.17) is 0 Å². The van der Waals surface area contributed by atoms with Crippen molar-refractivity contribution in [3.05, 3.63) is 22.9 Å². The van der Waals surface area contributed by atoms with E-state index in [-0.39, 0.29) is 0 Å². The molecule has 0 saturated heterocycles. The van der Waals surface area contributed by atoms with Gasteiger partial charge in [0.1, 0.15) is 5.82 Å². The van der Waals surface area contributed by atoms with Gasteiger partial charge in [-0.15, -0.1) is 0 Å². The van der Waals surface area contributed by atoms with E-state index in [9.17, 15) is 0 Å². The Hall–Kier alpha value is -1.09. The van der Waals surface area contributed by atoms with Crippen molar-refractivity contribution >= 4 is 5.82 Å². The molecule has 1 saturated carbocycles. The Morgan fingerprint density at radius 1 is 1.38 bits per heavy atom. The average Bonchev–Trinajstić information content (AvgIpc) is 3.00. The molecule has 0 radical (unpaired) electrons. The lowest BCUT2D eigenvalue weighted by molar-refractivity contribution is 0.683. The maximum atomic E-state index is 4.57. The Bertz CT molecular complexity index is 370. The molecule has 1 aromatic heterocycles. The molecule has 0 spiro atoms. The fraction of sp³-hybridized carbons (Fsp3) is 0.615. The first-order valence-electron chi connectivity index (χ1n) is 6.15. The predicted molar refractivity (Wildman–Crippen MR) is 67.7 cm³/mol. The van der Waals surface area contributed by atoms with E-state index in [1.807, 2.05) is 6.92 Å². The van der Waals surface area contributed by atoms with Gasteiger partial charge in [0.15, 0.2) is 0 Å². The quantitative estimate of drug-likeness (QED) is 0.798. The third-order valence-corrected chi connectivity index (χ3v) is 2.96. The predicted octanol–water partition coefficient (Wildman–Crippen LogP) is 2.38. The van der Waals surface area contributed by atoms with Crippen LogP contribution in [-0.2, 0) is 6.54 Å². The minimum Gasteiger partial charge on any atom is -0.370 e. The normalized spacial score (nSPS) is 15.2. The van der Waals surface area contributed by atoms with Gasteiger partial charge < -0.3 is 10.6 Å². The molecule has 0 atom stereocenters. The molecule has 0 amide bonds. The summed E-state index contributed by atoms with van der Waals surface area (Å²) in [6, 6.07) is 2.90. The summed E-state index contributed by atoms with van der Waals surface area (Å²) in [4.78, 5) is 4.57. The molecule has 1 heterocycles. The van der Waals surface area contributed by atoms with Crippen LogP contribution in [0, 0.1) is 13.8 Å². The van der Waals surface area contributed by atoms with Crippen molar-refractivity contribution in [2.24, 2.45) is 0 Å². The largest absolute Gasteiger partial charge is 0.370 e. The van der Waals surface area contributed by atoms with Crippen LogP contribution in [0.25, 0.3) is 0 Å². The number of aryl methyl sites for hydroxylation is 2. The van der Waals surface area contributed by atoms with Crippen LogP contribution in [0.1, 0.15) is 36.6 Å². The zero-order chi connectivity index (χ0) is 11.5. The van der Waals surface area contributed by atoms with E-state index in [1.165, 1.54) is 24.0 Å². The summed E-state index contributed by atoms with van der Waals surface area (Å²) in [5.41, 5.74) is 3.74. The molecule has 2 N–H and O–H groups in total. The number of nitrogens with zero attached hydrogens (tertiary/aromatic N) is 1. The maximum Gasteiger partial charge on any atom is 0.131 e. The molecule has 0 aliphatic heterocycles. The van der Waals surface area contributed by atoms with Crippen molar-refractivity contribution in [2.75, 3.05) is 11.9 Å². The number of rotatable bonds is 5. The first kappa shape index (κ1) is 11.4. The highest BCUT2D eigenvalue weighted by Crippen LogP contribution is 2.22. The third-order valence-electron chi connectivity index (χ3n) is 2.96. The molecule has 1 fully saturated rings. The molecule has 88 valence electrons. The van der Waals surface area contributed by atoms with Crippen LogP contribution in [0.15, 0.2) is 6.07 Å². The van der Waals surface area contributed by atoms with Crippen molar-refractivity contribution in [3.8, 4) is 0 Å². The lowest BCUT2D eigenvalue weighted by Gasteiger charge is -2.14. The monoisotopic (exact) mass is 219 g/mol. The molecule has 2 rings (SSSR count). The average molecular weight is 219 g/mol. The Morgan fingerprint density at radius 2 is 2.12 bits per heavy atom. The molecule has 3 nitrogen and oxygen atoms in total. The zero-order valence-corrected chi connectivity index (χ0v) is 10.4. The first-order chi connectivity index (χ1) is 7.70. The van der Waals surface area contributed by atoms with Crippen molar-refractivity contribution < 1.29 is 0 Å². The number of hydrogen-bond donors (Lipinski definition) is 2. The highest BCUT2D eigenvalue weighted by molar-refractivity contribution is 5.49. The van der Waals surface area contributed by atoms with Gasteiger partial charge in [-0.25, -0.2) is 4.98 Å². The molecule has 1 aromatic rings. The van der Waals surface area contributed by atoms with Crippen LogP contribution in [0.3, 0.4) is 0 Å². The van der Waals surface area contributed by atoms with Crippen LogP contribution in [0.5, 0.6) is 0 Å². The molecule has 0 unspecified atom stereocenters.